The van der Waals surface area contributed by atoms with Crippen LogP contribution in [0.4, 0.5) is 0 Å². The van der Waals surface area contributed by atoms with Crippen molar-refractivity contribution in [2.45, 2.75) is 6.42 Å². The van der Waals surface area contributed by atoms with Crippen molar-refractivity contribution in [1.82, 2.24) is 4.98 Å². The molecule has 0 amide bonds. The van der Waals surface area contributed by atoms with Crippen molar-refractivity contribution in [2.75, 3.05) is 0 Å². The Hall–Kier alpha value is -1.68. The lowest BCUT2D eigenvalue weighted by molar-refractivity contribution is -0.133. The van der Waals surface area contributed by atoms with Gasteiger partial charge in [-0.15, -0.1) is 11.3 Å². The van der Waals surface area contributed by atoms with Crippen LogP contribution in [0.5, 0.6) is 5.88 Å². The van der Waals surface area contributed by atoms with Crippen LogP contribution in [0.1, 0.15) is 4.88 Å². The van der Waals surface area contributed by atoms with Gasteiger partial charge < -0.3 is 4.74 Å². The fraction of sp³-hybridized carbons (Fsp3) is 0.0909. The molecule has 2 aromatic heterocycles. The van der Waals surface area contributed by atoms with Gasteiger partial charge in [-0.05, 0) is 17.5 Å². The van der Waals surface area contributed by atoms with E-state index in [1.54, 1.807) is 35.7 Å². The van der Waals surface area contributed by atoms with Gasteiger partial charge in [-0.3, -0.25) is 4.79 Å². The van der Waals surface area contributed by atoms with E-state index in [1.807, 2.05) is 17.5 Å². The van der Waals surface area contributed by atoms with E-state index in [0.29, 0.717) is 12.3 Å². The second-order valence-corrected chi connectivity index (χ2v) is 3.93. The van der Waals surface area contributed by atoms with Crippen LogP contribution in [0.2, 0.25) is 0 Å². The highest BCUT2D eigenvalue weighted by atomic mass is 32.1. The maximum absolute atomic E-state index is 11.4. The molecule has 0 radical (unpaired) electrons. The maximum Gasteiger partial charge on any atom is 0.317 e. The van der Waals surface area contributed by atoms with E-state index in [2.05, 4.69) is 4.98 Å². The molecule has 0 aliphatic carbocycles. The second kappa shape index (κ2) is 4.70. The van der Waals surface area contributed by atoms with Crippen LogP contribution in [0.3, 0.4) is 0 Å². The molecule has 0 saturated carbocycles. The zero-order valence-electron chi connectivity index (χ0n) is 7.92. The molecule has 0 bridgehead atoms. The molecule has 76 valence electrons. The number of esters is 1. The molecular formula is C11H9NO2S. The van der Waals surface area contributed by atoms with Crippen LogP contribution < -0.4 is 4.74 Å². The minimum atomic E-state index is -0.281. The highest BCUT2D eigenvalue weighted by molar-refractivity contribution is 7.10. The Morgan fingerprint density at radius 3 is 2.93 bits per heavy atom. The molecule has 0 aliphatic rings. The molecule has 0 spiro atoms. The molecular weight excluding hydrogens is 210 g/mol. The number of carbonyl (C=O) groups excluding carboxylic acids is 1. The Kier molecular flexibility index (Phi) is 3.09. The number of nitrogens with zero attached hydrogens (tertiary/aromatic N) is 1. The standard InChI is InChI=1S/C11H9NO2S/c13-11(8-9-4-3-7-15-9)14-10-5-1-2-6-12-10/h1-7H,8H2. The SMILES string of the molecule is O=C(Cc1cccs1)Oc1ccccn1. The van der Waals surface area contributed by atoms with Gasteiger partial charge in [0, 0.05) is 17.1 Å². The van der Waals surface area contributed by atoms with Gasteiger partial charge in [-0.1, -0.05) is 12.1 Å². The van der Waals surface area contributed by atoms with E-state index in [1.165, 1.54) is 0 Å². The fourth-order valence-corrected chi connectivity index (χ4v) is 1.81. The minimum Gasteiger partial charge on any atom is -0.407 e. The van der Waals surface area contributed by atoms with Gasteiger partial charge in [0.05, 0.1) is 6.42 Å². The Labute approximate surface area is 91.4 Å². The van der Waals surface area contributed by atoms with E-state index in [0.717, 1.165) is 4.88 Å². The number of rotatable bonds is 3. The van der Waals surface area contributed by atoms with Gasteiger partial charge in [0.2, 0.25) is 5.88 Å². The number of hydrogen-bond donors (Lipinski definition) is 0. The molecule has 4 heteroatoms. The van der Waals surface area contributed by atoms with Crippen LogP contribution >= 0.6 is 11.3 Å². The Bertz CT molecular complexity index is 425. The number of hydrogen-bond acceptors (Lipinski definition) is 4. The van der Waals surface area contributed by atoms with Crippen LogP contribution in [-0.4, -0.2) is 11.0 Å². The molecule has 15 heavy (non-hydrogen) atoms. The lowest BCUT2D eigenvalue weighted by atomic mass is 10.3. The molecule has 0 N–H and O–H groups in total. The van der Waals surface area contributed by atoms with Gasteiger partial charge >= 0.3 is 5.97 Å². The molecule has 0 unspecified atom stereocenters. The van der Waals surface area contributed by atoms with E-state index in [9.17, 15) is 4.79 Å². The zero-order valence-corrected chi connectivity index (χ0v) is 8.74. The number of thiophene rings is 1. The fourth-order valence-electron chi connectivity index (χ4n) is 1.12. The lowest BCUT2D eigenvalue weighted by Crippen LogP contribution is -2.10. The quantitative estimate of drug-likeness (QED) is 0.743. The normalized spacial score (nSPS) is 9.87. The van der Waals surface area contributed by atoms with Crippen LogP contribution in [-0.2, 0) is 11.2 Å². The Balaban J connectivity index is 1.94. The highest BCUT2D eigenvalue weighted by Crippen LogP contribution is 2.11. The molecule has 0 aromatic carbocycles. The van der Waals surface area contributed by atoms with Crippen LogP contribution in [0.15, 0.2) is 41.9 Å². The predicted molar refractivity (Wildman–Crippen MR) is 57.9 cm³/mol. The highest BCUT2D eigenvalue weighted by Gasteiger charge is 2.07. The van der Waals surface area contributed by atoms with E-state index >= 15 is 0 Å². The maximum atomic E-state index is 11.4. The first kappa shape index (κ1) is 9.86. The number of aromatic nitrogens is 1. The van der Waals surface area contributed by atoms with Crippen molar-refractivity contribution in [3.05, 3.63) is 46.8 Å². The summed E-state index contributed by atoms with van der Waals surface area (Å²) >= 11 is 1.54. The second-order valence-electron chi connectivity index (χ2n) is 2.90. The molecule has 3 nitrogen and oxygen atoms in total. The smallest absolute Gasteiger partial charge is 0.317 e. The monoisotopic (exact) mass is 219 g/mol. The first-order chi connectivity index (χ1) is 7.34. The topological polar surface area (TPSA) is 39.2 Å². The Morgan fingerprint density at radius 2 is 2.27 bits per heavy atom. The summed E-state index contributed by atoms with van der Waals surface area (Å²) in [5.74, 6) is 0.0650. The average Bonchev–Trinajstić information content (AvgIpc) is 2.71. The summed E-state index contributed by atoms with van der Waals surface area (Å²) in [5, 5.41) is 1.93. The van der Waals surface area contributed by atoms with E-state index < -0.39 is 0 Å². The minimum absolute atomic E-state index is 0.281. The van der Waals surface area contributed by atoms with Crippen molar-refractivity contribution >= 4 is 17.3 Å². The van der Waals surface area contributed by atoms with Gasteiger partial charge in [0.15, 0.2) is 0 Å². The van der Waals surface area contributed by atoms with Crippen LogP contribution in [0, 0.1) is 0 Å². The molecule has 0 aliphatic heterocycles. The summed E-state index contributed by atoms with van der Waals surface area (Å²) in [6, 6.07) is 9.03. The first-order valence-corrected chi connectivity index (χ1v) is 5.36. The average molecular weight is 219 g/mol. The summed E-state index contributed by atoms with van der Waals surface area (Å²) in [4.78, 5) is 16.3. The molecule has 0 saturated heterocycles. The molecule has 2 aromatic rings. The van der Waals surface area contributed by atoms with E-state index in [4.69, 9.17) is 4.74 Å². The lowest BCUT2D eigenvalue weighted by Gasteiger charge is -2.00. The van der Waals surface area contributed by atoms with Crippen molar-refractivity contribution in [3.8, 4) is 5.88 Å². The number of pyridine rings is 1. The predicted octanol–water partition coefficient (Wildman–Crippen LogP) is 2.29. The van der Waals surface area contributed by atoms with Gasteiger partial charge in [-0.25, -0.2) is 4.98 Å². The molecule has 2 heterocycles. The Morgan fingerprint density at radius 1 is 1.33 bits per heavy atom. The van der Waals surface area contributed by atoms with Crippen molar-refractivity contribution in [3.63, 3.8) is 0 Å². The third-order valence-electron chi connectivity index (χ3n) is 1.75. The molecule has 0 atom stereocenters. The van der Waals surface area contributed by atoms with Crippen molar-refractivity contribution < 1.29 is 9.53 Å². The summed E-state index contributed by atoms with van der Waals surface area (Å²) < 4.78 is 5.04. The van der Waals surface area contributed by atoms with Crippen LogP contribution in [0.25, 0.3) is 0 Å². The summed E-state index contributed by atoms with van der Waals surface area (Å²) in [5.41, 5.74) is 0. The van der Waals surface area contributed by atoms with Crippen molar-refractivity contribution in [1.29, 1.82) is 0 Å². The third kappa shape index (κ3) is 2.89. The van der Waals surface area contributed by atoms with E-state index in [-0.39, 0.29) is 5.97 Å². The molecule has 2 rings (SSSR count). The summed E-state index contributed by atoms with van der Waals surface area (Å²) in [7, 11) is 0. The third-order valence-corrected chi connectivity index (χ3v) is 2.63. The van der Waals surface area contributed by atoms with Gasteiger partial charge in [-0.2, -0.15) is 0 Å². The molecule has 0 fully saturated rings. The van der Waals surface area contributed by atoms with Gasteiger partial charge in [0.1, 0.15) is 0 Å². The summed E-state index contributed by atoms with van der Waals surface area (Å²) in [6.45, 7) is 0. The number of carbonyl (C=O) groups is 1. The summed E-state index contributed by atoms with van der Waals surface area (Å²) in [6.07, 6.45) is 1.89. The van der Waals surface area contributed by atoms with Crippen molar-refractivity contribution in [2.24, 2.45) is 0 Å². The largest absolute Gasteiger partial charge is 0.407 e. The first-order valence-electron chi connectivity index (χ1n) is 4.49. The zero-order chi connectivity index (χ0) is 10.5. The van der Waals surface area contributed by atoms with Gasteiger partial charge in [0.25, 0.3) is 0 Å². The number of ether oxygens (including phenoxy) is 1.